The number of nitrogens with one attached hydrogen (secondary N) is 2. The zero-order chi connectivity index (χ0) is 17.5. The Morgan fingerprint density at radius 1 is 1.04 bits per heavy atom. The van der Waals surface area contributed by atoms with E-state index in [1.165, 1.54) is 38.0 Å². The number of hydrogen-bond donors (Lipinski definition) is 2. The Kier molecular flexibility index (Phi) is 5.95. The second-order valence-corrected chi connectivity index (χ2v) is 5.35. The van der Waals surface area contributed by atoms with Crippen molar-refractivity contribution in [2.24, 2.45) is 0 Å². The number of carbonyl (C=O) groups excluding carboxylic acids is 3. The molecule has 1 aromatic rings. The lowest BCUT2D eigenvalue weighted by Crippen LogP contribution is -2.25. The van der Waals surface area contributed by atoms with Crippen LogP contribution in [0.3, 0.4) is 0 Å². The van der Waals surface area contributed by atoms with Crippen LogP contribution in [0.2, 0.25) is 0 Å². The molecule has 1 aromatic carbocycles. The molecule has 7 heteroatoms. The fourth-order valence-electron chi connectivity index (χ4n) is 2.48. The summed E-state index contributed by atoms with van der Waals surface area (Å²) < 4.78 is 9.33. The van der Waals surface area contributed by atoms with E-state index < -0.39 is 18.0 Å². The van der Waals surface area contributed by atoms with E-state index in [4.69, 9.17) is 0 Å². The van der Waals surface area contributed by atoms with Gasteiger partial charge in [-0.1, -0.05) is 5.57 Å². The molecule has 2 amide bonds. The first-order valence-electron chi connectivity index (χ1n) is 7.61. The molecule has 0 heterocycles. The van der Waals surface area contributed by atoms with Gasteiger partial charge in [-0.25, -0.2) is 14.4 Å². The lowest BCUT2D eigenvalue weighted by atomic mass is 10.1. The molecular weight excluding hydrogens is 312 g/mol. The number of amides is 2. The Balaban J connectivity index is 2.18. The Morgan fingerprint density at radius 2 is 1.71 bits per heavy atom. The molecule has 1 aliphatic rings. The zero-order valence-electron chi connectivity index (χ0n) is 13.7. The average molecular weight is 332 g/mol. The molecule has 0 atom stereocenters. The van der Waals surface area contributed by atoms with Gasteiger partial charge in [0.15, 0.2) is 0 Å². The fraction of sp³-hybridized carbons (Fsp3) is 0.353. The summed E-state index contributed by atoms with van der Waals surface area (Å²) in [6, 6.07) is 3.71. The van der Waals surface area contributed by atoms with Crippen molar-refractivity contribution in [3.05, 3.63) is 41.1 Å². The maximum Gasteiger partial charge on any atom is 0.339 e. The van der Waals surface area contributed by atoms with Gasteiger partial charge in [-0.05, 0) is 43.9 Å². The number of rotatable bonds is 4. The van der Waals surface area contributed by atoms with Gasteiger partial charge in [0.05, 0.1) is 31.0 Å². The molecule has 0 radical (unpaired) electrons. The number of allylic oxidation sites excluding steroid dienone is 1. The predicted molar refractivity (Wildman–Crippen MR) is 87.8 cm³/mol. The van der Waals surface area contributed by atoms with E-state index in [1.807, 2.05) is 0 Å². The number of hydrogen-bond acceptors (Lipinski definition) is 5. The van der Waals surface area contributed by atoms with Crippen molar-refractivity contribution in [3.63, 3.8) is 0 Å². The highest BCUT2D eigenvalue weighted by molar-refractivity contribution is 6.03. The summed E-state index contributed by atoms with van der Waals surface area (Å²) >= 11 is 0. The molecule has 2 N–H and O–H groups in total. The SMILES string of the molecule is COC(=O)c1ccc(C(=O)OC)c(NC(=O)NC=C2CCCC2)c1. The molecule has 0 spiro atoms. The van der Waals surface area contributed by atoms with Crippen molar-refractivity contribution < 1.29 is 23.9 Å². The third-order valence-electron chi connectivity index (χ3n) is 3.75. The van der Waals surface area contributed by atoms with Crippen LogP contribution in [0, 0.1) is 0 Å². The monoisotopic (exact) mass is 332 g/mol. The predicted octanol–water partition coefficient (Wildman–Crippen LogP) is 2.84. The first-order chi connectivity index (χ1) is 11.5. The minimum Gasteiger partial charge on any atom is -0.465 e. The molecule has 1 saturated carbocycles. The minimum absolute atomic E-state index is 0.147. The van der Waals surface area contributed by atoms with Crippen molar-refractivity contribution in [2.75, 3.05) is 19.5 Å². The van der Waals surface area contributed by atoms with Gasteiger partial charge in [0.2, 0.25) is 0 Å². The van der Waals surface area contributed by atoms with Gasteiger partial charge in [0.1, 0.15) is 0 Å². The summed E-state index contributed by atoms with van der Waals surface area (Å²) in [5, 5.41) is 5.21. The molecule has 0 unspecified atom stereocenters. The van der Waals surface area contributed by atoms with Crippen LogP contribution in [-0.4, -0.2) is 32.2 Å². The summed E-state index contributed by atoms with van der Waals surface area (Å²) in [5.41, 5.74) is 1.72. The van der Waals surface area contributed by atoms with Crippen LogP contribution in [0.25, 0.3) is 0 Å². The zero-order valence-corrected chi connectivity index (χ0v) is 13.7. The molecular formula is C17H20N2O5. The van der Waals surface area contributed by atoms with Gasteiger partial charge in [0.25, 0.3) is 0 Å². The van der Waals surface area contributed by atoms with Gasteiger partial charge < -0.3 is 20.1 Å². The highest BCUT2D eigenvalue weighted by atomic mass is 16.5. The van der Waals surface area contributed by atoms with E-state index in [0.717, 1.165) is 25.7 Å². The van der Waals surface area contributed by atoms with Crippen LogP contribution < -0.4 is 10.6 Å². The number of benzene rings is 1. The first kappa shape index (κ1) is 17.5. The number of methoxy groups -OCH3 is 2. The Hall–Kier alpha value is -2.83. The maximum absolute atomic E-state index is 12.0. The third kappa shape index (κ3) is 4.34. The summed E-state index contributed by atoms with van der Waals surface area (Å²) in [6.07, 6.45) is 5.90. The summed E-state index contributed by atoms with van der Waals surface area (Å²) in [7, 11) is 2.50. The molecule has 1 fully saturated rings. The molecule has 0 bridgehead atoms. The third-order valence-corrected chi connectivity index (χ3v) is 3.75. The van der Waals surface area contributed by atoms with E-state index >= 15 is 0 Å². The van der Waals surface area contributed by atoms with E-state index in [-0.39, 0.29) is 16.8 Å². The molecule has 1 aliphatic carbocycles. The summed E-state index contributed by atoms with van der Waals surface area (Å²) in [6.45, 7) is 0. The summed E-state index contributed by atoms with van der Waals surface area (Å²) in [5.74, 6) is -1.18. The van der Waals surface area contributed by atoms with Crippen LogP contribution in [0.15, 0.2) is 30.0 Å². The lowest BCUT2D eigenvalue weighted by Gasteiger charge is -2.11. The second kappa shape index (κ2) is 8.14. The highest BCUT2D eigenvalue weighted by Crippen LogP contribution is 2.23. The number of esters is 2. The molecule has 128 valence electrons. The number of ether oxygens (including phenoxy) is 2. The maximum atomic E-state index is 12.0. The van der Waals surface area contributed by atoms with Crippen molar-refractivity contribution in [2.45, 2.75) is 25.7 Å². The lowest BCUT2D eigenvalue weighted by molar-refractivity contribution is 0.0587. The van der Waals surface area contributed by atoms with Crippen molar-refractivity contribution in [1.29, 1.82) is 0 Å². The van der Waals surface area contributed by atoms with E-state index in [0.29, 0.717) is 0 Å². The molecule has 0 saturated heterocycles. The number of carbonyl (C=O) groups is 3. The number of anilines is 1. The topological polar surface area (TPSA) is 93.7 Å². The van der Waals surface area contributed by atoms with Gasteiger partial charge in [0, 0.05) is 6.20 Å². The Labute approximate surface area is 140 Å². The quantitative estimate of drug-likeness (QED) is 0.827. The van der Waals surface area contributed by atoms with Crippen LogP contribution in [0.1, 0.15) is 46.4 Å². The largest absolute Gasteiger partial charge is 0.465 e. The van der Waals surface area contributed by atoms with Crippen molar-refractivity contribution in [3.8, 4) is 0 Å². The normalized spacial score (nSPS) is 13.2. The van der Waals surface area contributed by atoms with E-state index in [2.05, 4.69) is 20.1 Å². The number of urea groups is 1. The van der Waals surface area contributed by atoms with Crippen LogP contribution in [0.4, 0.5) is 10.5 Å². The van der Waals surface area contributed by atoms with Crippen LogP contribution in [0.5, 0.6) is 0 Å². The van der Waals surface area contributed by atoms with Crippen molar-refractivity contribution >= 4 is 23.7 Å². The van der Waals surface area contributed by atoms with Gasteiger partial charge in [-0.2, -0.15) is 0 Å². The molecule has 0 aliphatic heterocycles. The molecule has 2 rings (SSSR count). The standard InChI is InChI=1S/C17H20N2O5/c1-23-15(20)12-7-8-13(16(21)24-2)14(9-12)19-17(22)18-10-11-5-3-4-6-11/h7-10H,3-6H2,1-2H3,(H2,18,19,22). The van der Waals surface area contributed by atoms with Gasteiger partial charge in [-0.15, -0.1) is 0 Å². The van der Waals surface area contributed by atoms with Crippen molar-refractivity contribution in [1.82, 2.24) is 5.32 Å². The molecule has 0 aromatic heterocycles. The van der Waals surface area contributed by atoms with Crippen LogP contribution in [-0.2, 0) is 9.47 Å². The molecule has 24 heavy (non-hydrogen) atoms. The highest BCUT2D eigenvalue weighted by Gasteiger charge is 2.17. The Bertz CT molecular complexity index is 674. The average Bonchev–Trinajstić information content (AvgIpc) is 3.12. The minimum atomic E-state index is -0.615. The Morgan fingerprint density at radius 3 is 2.33 bits per heavy atom. The fourth-order valence-corrected chi connectivity index (χ4v) is 2.48. The van der Waals surface area contributed by atoms with Crippen LogP contribution >= 0.6 is 0 Å². The van der Waals surface area contributed by atoms with E-state index in [1.54, 1.807) is 6.20 Å². The second-order valence-electron chi connectivity index (χ2n) is 5.35. The smallest absolute Gasteiger partial charge is 0.339 e. The molecule has 7 nitrogen and oxygen atoms in total. The van der Waals surface area contributed by atoms with Gasteiger partial charge >= 0.3 is 18.0 Å². The first-order valence-corrected chi connectivity index (χ1v) is 7.61. The van der Waals surface area contributed by atoms with Gasteiger partial charge in [-0.3, -0.25) is 0 Å². The summed E-state index contributed by atoms with van der Waals surface area (Å²) in [4.78, 5) is 35.5. The van der Waals surface area contributed by atoms with E-state index in [9.17, 15) is 14.4 Å².